The number of aromatic nitrogens is 2. The van der Waals surface area contributed by atoms with Gasteiger partial charge in [0.15, 0.2) is 5.01 Å². The molecule has 0 radical (unpaired) electrons. The van der Waals surface area contributed by atoms with Crippen LogP contribution in [-0.2, 0) is 0 Å². The minimum atomic E-state index is -2.55. The fourth-order valence-electron chi connectivity index (χ4n) is 2.76. The van der Waals surface area contributed by atoms with Gasteiger partial charge in [0, 0.05) is 31.9 Å². The SMILES string of the molecule is CN(c1nnc(C(F)F)s1)C1CCCN(c2ccccc2)C1. The monoisotopic (exact) mass is 324 g/mol. The Kier molecular flexibility index (Phi) is 4.52. The number of hydrogen-bond donors (Lipinski definition) is 0. The standard InChI is InChI=1S/C15H18F2N4S/c1-20(15-19-18-14(22-15)13(16)17)12-8-5-9-21(10-12)11-6-3-2-4-7-11/h2-4,6-7,12-13H,5,8-10H2,1H3. The first kappa shape index (κ1) is 15.1. The van der Waals surface area contributed by atoms with Crippen molar-refractivity contribution in [1.29, 1.82) is 0 Å². The van der Waals surface area contributed by atoms with Crippen LogP contribution in [0.4, 0.5) is 19.6 Å². The topological polar surface area (TPSA) is 32.3 Å². The van der Waals surface area contributed by atoms with E-state index in [1.165, 1.54) is 5.69 Å². The lowest BCUT2D eigenvalue weighted by Gasteiger charge is -2.38. The van der Waals surface area contributed by atoms with Crippen LogP contribution in [0.2, 0.25) is 0 Å². The van der Waals surface area contributed by atoms with Gasteiger partial charge in [0.25, 0.3) is 6.43 Å². The van der Waals surface area contributed by atoms with Gasteiger partial charge in [-0.1, -0.05) is 29.5 Å². The van der Waals surface area contributed by atoms with Crippen LogP contribution in [0.15, 0.2) is 30.3 Å². The van der Waals surface area contributed by atoms with E-state index in [9.17, 15) is 8.78 Å². The van der Waals surface area contributed by atoms with E-state index in [0.717, 1.165) is 37.3 Å². The zero-order valence-corrected chi connectivity index (χ0v) is 13.1. The van der Waals surface area contributed by atoms with Crippen LogP contribution in [-0.4, -0.2) is 36.4 Å². The van der Waals surface area contributed by atoms with Gasteiger partial charge in [0.2, 0.25) is 5.13 Å². The maximum absolute atomic E-state index is 12.7. The lowest BCUT2D eigenvalue weighted by Crippen LogP contribution is -2.46. The van der Waals surface area contributed by atoms with Gasteiger partial charge < -0.3 is 9.80 Å². The van der Waals surface area contributed by atoms with Gasteiger partial charge in [0.05, 0.1) is 0 Å². The first-order chi connectivity index (χ1) is 10.6. The highest BCUT2D eigenvalue weighted by molar-refractivity contribution is 7.15. The van der Waals surface area contributed by atoms with Gasteiger partial charge in [-0.2, -0.15) is 0 Å². The number of likely N-dealkylation sites (N-methyl/N-ethyl adjacent to an activating group) is 1. The number of anilines is 2. The molecular formula is C15H18F2N4S. The van der Waals surface area contributed by atoms with E-state index in [0.29, 0.717) is 5.13 Å². The third-order valence-corrected chi connectivity index (χ3v) is 5.01. The van der Waals surface area contributed by atoms with Crippen molar-refractivity contribution in [3.8, 4) is 0 Å². The smallest absolute Gasteiger partial charge is 0.291 e. The number of benzene rings is 1. The van der Waals surface area contributed by atoms with Crippen LogP contribution < -0.4 is 9.80 Å². The molecule has 1 aromatic heterocycles. The van der Waals surface area contributed by atoms with Gasteiger partial charge in [-0.25, -0.2) is 8.78 Å². The number of para-hydroxylation sites is 1. The Morgan fingerprint density at radius 2 is 2.05 bits per heavy atom. The average Bonchev–Trinajstić information content (AvgIpc) is 3.05. The number of hydrogen-bond acceptors (Lipinski definition) is 5. The lowest BCUT2D eigenvalue weighted by atomic mass is 10.0. The fourth-order valence-corrected chi connectivity index (χ4v) is 3.49. The summed E-state index contributed by atoms with van der Waals surface area (Å²) in [6, 6.07) is 10.5. The summed E-state index contributed by atoms with van der Waals surface area (Å²) in [5.74, 6) is 0. The van der Waals surface area contributed by atoms with Crippen LogP contribution in [0.1, 0.15) is 24.3 Å². The van der Waals surface area contributed by atoms with E-state index < -0.39 is 6.43 Å². The van der Waals surface area contributed by atoms with Crippen LogP contribution in [0.25, 0.3) is 0 Å². The summed E-state index contributed by atoms with van der Waals surface area (Å²) >= 11 is 0.975. The van der Waals surface area contributed by atoms with Crippen LogP contribution >= 0.6 is 11.3 Å². The zero-order valence-electron chi connectivity index (χ0n) is 12.3. The zero-order chi connectivity index (χ0) is 15.5. The Labute approximate surface area is 132 Å². The predicted molar refractivity (Wildman–Crippen MR) is 84.9 cm³/mol. The summed E-state index contributed by atoms with van der Waals surface area (Å²) in [5.41, 5.74) is 1.20. The molecule has 0 bridgehead atoms. The molecule has 2 heterocycles. The minimum Gasteiger partial charge on any atom is -0.369 e. The molecule has 0 saturated carbocycles. The van der Waals surface area contributed by atoms with Crippen molar-refractivity contribution in [3.05, 3.63) is 35.3 Å². The Bertz CT molecular complexity index is 605. The summed E-state index contributed by atoms with van der Waals surface area (Å²) in [5, 5.41) is 7.83. The number of nitrogens with zero attached hydrogens (tertiary/aromatic N) is 4. The van der Waals surface area contributed by atoms with Crippen molar-refractivity contribution in [1.82, 2.24) is 10.2 Å². The lowest BCUT2D eigenvalue weighted by molar-refractivity contribution is 0.150. The first-order valence-electron chi connectivity index (χ1n) is 7.29. The molecule has 1 unspecified atom stereocenters. The first-order valence-corrected chi connectivity index (χ1v) is 8.11. The van der Waals surface area contributed by atoms with E-state index in [2.05, 4.69) is 27.2 Å². The summed E-state index contributed by atoms with van der Waals surface area (Å²) in [6.45, 7) is 1.89. The van der Waals surface area contributed by atoms with E-state index in [-0.39, 0.29) is 11.0 Å². The van der Waals surface area contributed by atoms with Gasteiger partial charge >= 0.3 is 0 Å². The molecule has 118 valence electrons. The van der Waals surface area contributed by atoms with E-state index in [4.69, 9.17) is 0 Å². The molecule has 4 nitrogen and oxygen atoms in total. The van der Waals surface area contributed by atoms with Crippen molar-refractivity contribution in [2.24, 2.45) is 0 Å². The van der Waals surface area contributed by atoms with Crippen molar-refractivity contribution in [2.45, 2.75) is 25.3 Å². The second-order valence-electron chi connectivity index (χ2n) is 5.41. The van der Waals surface area contributed by atoms with Gasteiger partial charge in [-0.15, -0.1) is 10.2 Å². The summed E-state index contributed by atoms with van der Waals surface area (Å²) in [7, 11) is 1.91. The van der Waals surface area contributed by atoms with Gasteiger partial charge in [-0.05, 0) is 25.0 Å². The maximum atomic E-state index is 12.7. The highest BCUT2D eigenvalue weighted by atomic mass is 32.1. The molecule has 2 aromatic rings. The molecule has 1 aliphatic heterocycles. The number of alkyl halides is 2. The Morgan fingerprint density at radius 1 is 1.27 bits per heavy atom. The third-order valence-electron chi connectivity index (χ3n) is 3.98. The molecule has 0 aliphatic carbocycles. The highest BCUT2D eigenvalue weighted by Gasteiger charge is 2.26. The van der Waals surface area contributed by atoms with E-state index in [1.807, 2.05) is 30.1 Å². The van der Waals surface area contributed by atoms with Crippen molar-refractivity contribution in [3.63, 3.8) is 0 Å². The molecule has 1 fully saturated rings. The molecule has 1 aliphatic rings. The van der Waals surface area contributed by atoms with Crippen LogP contribution in [0, 0.1) is 0 Å². The number of halogens is 2. The Balaban J connectivity index is 1.71. The molecule has 22 heavy (non-hydrogen) atoms. The molecule has 1 saturated heterocycles. The van der Waals surface area contributed by atoms with E-state index in [1.54, 1.807) is 0 Å². The quantitative estimate of drug-likeness (QED) is 0.860. The second kappa shape index (κ2) is 6.56. The average molecular weight is 324 g/mol. The molecule has 0 spiro atoms. The van der Waals surface area contributed by atoms with Crippen LogP contribution in [0.5, 0.6) is 0 Å². The number of piperidine rings is 1. The summed E-state index contributed by atoms with van der Waals surface area (Å²) < 4.78 is 25.3. The maximum Gasteiger partial charge on any atom is 0.291 e. The Morgan fingerprint density at radius 3 is 2.73 bits per heavy atom. The third kappa shape index (κ3) is 3.19. The van der Waals surface area contributed by atoms with Crippen molar-refractivity contribution < 1.29 is 8.78 Å². The predicted octanol–water partition coefficient (Wildman–Crippen LogP) is 3.58. The Hall–Kier alpha value is -1.76. The van der Waals surface area contributed by atoms with Crippen molar-refractivity contribution in [2.75, 3.05) is 29.9 Å². The second-order valence-corrected chi connectivity index (χ2v) is 6.40. The summed E-state index contributed by atoms with van der Waals surface area (Å²) in [4.78, 5) is 4.32. The van der Waals surface area contributed by atoms with Gasteiger partial charge in [-0.3, -0.25) is 0 Å². The minimum absolute atomic E-state index is 0.211. The molecular weight excluding hydrogens is 306 g/mol. The molecule has 0 N–H and O–H groups in total. The van der Waals surface area contributed by atoms with Crippen LogP contribution in [0.3, 0.4) is 0 Å². The molecule has 0 amide bonds. The highest BCUT2D eigenvalue weighted by Crippen LogP contribution is 2.30. The summed E-state index contributed by atoms with van der Waals surface area (Å²) in [6.07, 6.45) is -0.444. The largest absolute Gasteiger partial charge is 0.369 e. The van der Waals surface area contributed by atoms with Gasteiger partial charge in [0.1, 0.15) is 0 Å². The number of rotatable bonds is 4. The normalized spacial score (nSPS) is 18.7. The fraction of sp³-hybridized carbons (Fsp3) is 0.467. The molecule has 3 rings (SSSR count). The van der Waals surface area contributed by atoms with E-state index >= 15 is 0 Å². The molecule has 1 atom stereocenters. The molecule has 7 heteroatoms. The molecule has 1 aromatic carbocycles. The van der Waals surface area contributed by atoms with Crippen molar-refractivity contribution >= 4 is 22.2 Å².